The summed E-state index contributed by atoms with van der Waals surface area (Å²) < 4.78 is 0. The van der Waals surface area contributed by atoms with Gasteiger partial charge < -0.3 is 20.6 Å². The zero-order chi connectivity index (χ0) is 40.0. The van der Waals surface area contributed by atoms with Gasteiger partial charge in [0.25, 0.3) is 29.5 Å². The third kappa shape index (κ3) is 8.39. The molecule has 0 aromatic heterocycles. The smallest absolute Gasteiger partial charge is 0.266 e. The number of carbonyl (C=O) groups excluding carboxylic acids is 5. The summed E-state index contributed by atoms with van der Waals surface area (Å²) in [5, 5.41) is 32.9. The van der Waals surface area contributed by atoms with E-state index in [2.05, 4.69) is 40.8 Å². The number of amides is 5. The van der Waals surface area contributed by atoms with E-state index in [-0.39, 0.29) is 39.2 Å². The second-order valence-corrected chi connectivity index (χ2v) is 14.6. The van der Waals surface area contributed by atoms with Gasteiger partial charge in [-0.25, -0.2) is 9.80 Å². The summed E-state index contributed by atoms with van der Waals surface area (Å²) in [7, 11) is 0. The van der Waals surface area contributed by atoms with E-state index >= 15 is 0 Å². The molecule has 274 valence electrons. The zero-order valence-electron chi connectivity index (χ0n) is 30.8. The quantitative estimate of drug-likeness (QED) is 0.170. The molecule has 4 aromatic rings. The van der Waals surface area contributed by atoms with Crippen LogP contribution >= 0.6 is 0 Å². The Morgan fingerprint density at radius 2 is 0.927 bits per heavy atom. The molecule has 2 heterocycles. The second-order valence-electron chi connectivity index (χ2n) is 14.6. The first-order chi connectivity index (χ1) is 25.7. The lowest BCUT2D eigenvalue weighted by atomic mass is 10.0. The Labute approximate surface area is 317 Å². The Morgan fingerprint density at radius 1 is 0.527 bits per heavy atom. The molecule has 0 aliphatic carbocycles. The van der Waals surface area contributed by atoms with Gasteiger partial charge in [-0.05, 0) is 114 Å². The topological polar surface area (TPSA) is 165 Å². The lowest BCUT2D eigenvalue weighted by Crippen LogP contribution is -2.32. The number of anilines is 3. The van der Waals surface area contributed by atoms with Crippen molar-refractivity contribution in [1.29, 1.82) is 0 Å². The lowest BCUT2D eigenvalue weighted by molar-refractivity contribution is 0.0912. The number of aliphatic hydroxyl groups is 3. The van der Waals surface area contributed by atoms with Crippen molar-refractivity contribution in [2.75, 3.05) is 15.1 Å². The Bertz CT molecular complexity index is 2420. The third-order valence-corrected chi connectivity index (χ3v) is 8.11. The van der Waals surface area contributed by atoms with Gasteiger partial charge in [0.15, 0.2) is 0 Å². The van der Waals surface area contributed by atoms with Crippen LogP contribution in [-0.2, 0) is 0 Å². The van der Waals surface area contributed by atoms with Gasteiger partial charge in [0, 0.05) is 27.9 Å². The van der Waals surface area contributed by atoms with Crippen LogP contribution in [0.5, 0.6) is 0 Å². The standard InChI is InChI=1S/C44H35N3O8/c1-42(2,53)17-14-26-8-7-9-30(20-26)45-37(48)29-23-31(46-38(49)33-12-10-27(15-18-43(3,4)54)21-35(33)40(46)51)25-32(24-29)47-39(50)34-13-11-28(16-19-44(5,6)55)22-36(34)41(47)52/h7-13,20-25,53-55H,1-6H3,(H,45,48). The first kappa shape index (κ1) is 37.9. The van der Waals surface area contributed by atoms with Gasteiger partial charge in [0.05, 0.1) is 33.6 Å². The number of carbonyl (C=O) groups is 5. The van der Waals surface area contributed by atoms with Crippen LogP contribution in [0.1, 0.15) is 110 Å². The maximum absolute atomic E-state index is 13.9. The molecule has 0 radical (unpaired) electrons. The van der Waals surface area contributed by atoms with Crippen LogP contribution in [0.2, 0.25) is 0 Å². The van der Waals surface area contributed by atoms with Crippen LogP contribution in [0.15, 0.2) is 78.9 Å². The minimum atomic E-state index is -1.30. The second kappa shape index (κ2) is 13.9. The maximum atomic E-state index is 13.9. The predicted molar refractivity (Wildman–Crippen MR) is 206 cm³/mol. The van der Waals surface area contributed by atoms with Crippen LogP contribution in [0.3, 0.4) is 0 Å². The minimum absolute atomic E-state index is 0.0355. The number of nitrogens with zero attached hydrogens (tertiary/aromatic N) is 2. The average molecular weight is 734 g/mol. The van der Waals surface area contributed by atoms with Crippen LogP contribution in [0.4, 0.5) is 17.1 Å². The van der Waals surface area contributed by atoms with Crippen molar-refractivity contribution in [2.24, 2.45) is 0 Å². The van der Waals surface area contributed by atoms with E-state index < -0.39 is 46.3 Å². The fraction of sp³-hybridized carbons (Fsp3) is 0.205. The van der Waals surface area contributed by atoms with Gasteiger partial charge in [0.1, 0.15) is 16.8 Å². The summed E-state index contributed by atoms with van der Waals surface area (Å²) in [6, 6.07) is 19.3. The van der Waals surface area contributed by atoms with E-state index in [1.54, 1.807) is 36.4 Å². The molecule has 0 unspecified atom stereocenters. The summed E-state index contributed by atoms with van der Waals surface area (Å²) in [6.45, 7) is 9.10. The van der Waals surface area contributed by atoms with Crippen molar-refractivity contribution in [2.45, 2.75) is 58.3 Å². The van der Waals surface area contributed by atoms with Crippen LogP contribution in [-0.4, -0.2) is 61.7 Å². The summed E-state index contributed by atoms with van der Waals surface area (Å²) in [5.74, 6) is 12.9. The first-order valence-corrected chi connectivity index (χ1v) is 17.1. The van der Waals surface area contributed by atoms with E-state index in [4.69, 9.17) is 0 Å². The predicted octanol–water partition coefficient (Wildman–Crippen LogP) is 4.91. The molecule has 0 bridgehead atoms. The largest absolute Gasteiger partial charge is 0.378 e. The van der Waals surface area contributed by atoms with E-state index in [0.717, 1.165) is 9.80 Å². The summed E-state index contributed by atoms with van der Waals surface area (Å²) in [5.41, 5.74) is -2.32. The van der Waals surface area contributed by atoms with E-state index in [0.29, 0.717) is 22.4 Å². The number of benzene rings is 4. The number of nitrogens with one attached hydrogen (secondary N) is 1. The first-order valence-electron chi connectivity index (χ1n) is 17.1. The molecule has 11 nitrogen and oxygen atoms in total. The molecule has 4 aromatic carbocycles. The molecule has 11 heteroatoms. The molecule has 55 heavy (non-hydrogen) atoms. The average Bonchev–Trinajstić information content (AvgIpc) is 3.51. The summed E-state index contributed by atoms with van der Waals surface area (Å²) in [4.78, 5) is 71.0. The van der Waals surface area contributed by atoms with Crippen LogP contribution in [0, 0.1) is 35.5 Å². The normalized spacial score (nSPS) is 13.6. The number of hydrogen-bond acceptors (Lipinski definition) is 8. The van der Waals surface area contributed by atoms with Crippen molar-refractivity contribution in [3.8, 4) is 35.5 Å². The zero-order valence-corrected chi connectivity index (χ0v) is 30.8. The molecular weight excluding hydrogens is 698 g/mol. The highest BCUT2D eigenvalue weighted by molar-refractivity contribution is 6.36. The van der Waals surface area contributed by atoms with Gasteiger partial charge in [-0.3, -0.25) is 24.0 Å². The highest BCUT2D eigenvalue weighted by Crippen LogP contribution is 2.36. The molecule has 0 saturated heterocycles. The highest BCUT2D eigenvalue weighted by atomic mass is 16.3. The monoisotopic (exact) mass is 733 g/mol. The third-order valence-electron chi connectivity index (χ3n) is 8.11. The molecule has 0 saturated carbocycles. The van der Waals surface area contributed by atoms with Crippen molar-refractivity contribution in [3.63, 3.8) is 0 Å². The van der Waals surface area contributed by atoms with Gasteiger partial charge in [-0.1, -0.05) is 41.6 Å². The molecule has 2 aliphatic rings. The minimum Gasteiger partial charge on any atom is -0.378 e. The molecule has 0 atom stereocenters. The molecule has 4 N–H and O–H groups in total. The van der Waals surface area contributed by atoms with E-state index in [1.165, 1.54) is 84.0 Å². The van der Waals surface area contributed by atoms with Gasteiger partial charge in [-0.2, -0.15) is 0 Å². The number of hydrogen-bond donors (Lipinski definition) is 4. The molecule has 0 fully saturated rings. The van der Waals surface area contributed by atoms with Crippen LogP contribution in [0.25, 0.3) is 0 Å². The van der Waals surface area contributed by atoms with E-state index in [9.17, 15) is 39.3 Å². The number of fused-ring (bicyclic) bond motifs is 2. The Kier molecular flexibility index (Phi) is 9.57. The molecule has 0 spiro atoms. The summed E-state index contributed by atoms with van der Waals surface area (Å²) >= 11 is 0. The van der Waals surface area contributed by atoms with Crippen molar-refractivity contribution in [3.05, 3.63) is 123 Å². The number of rotatable bonds is 4. The van der Waals surface area contributed by atoms with Gasteiger partial charge >= 0.3 is 0 Å². The maximum Gasteiger partial charge on any atom is 0.266 e. The fourth-order valence-electron chi connectivity index (χ4n) is 5.64. The summed E-state index contributed by atoms with van der Waals surface area (Å²) in [6.07, 6.45) is 0. The molecule has 6 rings (SSSR count). The molecule has 5 amide bonds. The fourth-order valence-corrected chi connectivity index (χ4v) is 5.64. The van der Waals surface area contributed by atoms with Crippen molar-refractivity contribution in [1.82, 2.24) is 0 Å². The highest BCUT2D eigenvalue weighted by Gasteiger charge is 2.40. The van der Waals surface area contributed by atoms with E-state index in [1.807, 2.05) is 0 Å². The Morgan fingerprint density at radius 3 is 1.35 bits per heavy atom. The lowest BCUT2D eigenvalue weighted by Gasteiger charge is -2.20. The Balaban J connectivity index is 1.42. The van der Waals surface area contributed by atoms with Crippen molar-refractivity contribution >= 4 is 46.6 Å². The van der Waals surface area contributed by atoms with Crippen LogP contribution < -0.4 is 15.1 Å². The molecule has 2 aliphatic heterocycles. The SMILES string of the molecule is CC(C)(O)C#Cc1cccc(NC(=O)c2cc(N3C(=O)c4ccc(C#CC(C)(C)O)cc4C3=O)cc(N3C(=O)c4ccc(C#CC(C)(C)O)cc4C3=O)c2)c1. The van der Waals surface area contributed by atoms with Gasteiger partial charge in [0.2, 0.25) is 0 Å². The van der Waals surface area contributed by atoms with Crippen molar-refractivity contribution < 1.29 is 39.3 Å². The Hall–Kier alpha value is -6.81. The number of imide groups is 2. The van der Waals surface area contributed by atoms with Gasteiger partial charge in [-0.15, -0.1) is 0 Å². The molecular formula is C44H35N3O8.